The van der Waals surface area contributed by atoms with E-state index in [-0.39, 0.29) is 11.7 Å². The van der Waals surface area contributed by atoms with E-state index in [0.717, 1.165) is 5.56 Å². The number of hydrogen-bond donors (Lipinski definition) is 0. The summed E-state index contributed by atoms with van der Waals surface area (Å²) in [5, 5.41) is 4.46. The molecule has 0 saturated heterocycles. The van der Waals surface area contributed by atoms with E-state index in [1.807, 2.05) is 26.0 Å². The molecule has 3 aromatic rings. The minimum Gasteiger partial charge on any atom is -0.296 e. The third kappa shape index (κ3) is 2.39. The van der Waals surface area contributed by atoms with Crippen molar-refractivity contribution in [3.8, 4) is 11.3 Å². The zero-order valence-electron chi connectivity index (χ0n) is 12.7. The second-order valence-corrected chi connectivity index (χ2v) is 5.66. The lowest BCUT2D eigenvalue weighted by molar-refractivity contribution is 0.111. The van der Waals surface area contributed by atoms with Crippen LogP contribution in [-0.4, -0.2) is 20.9 Å². The average Bonchev–Trinajstić information content (AvgIpc) is 2.91. The summed E-state index contributed by atoms with van der Waals surface area (Å²) in [5.41, 5.74) is 3.92. The van der Waals surface area contributed by atoms with Gasteiger partial charge >= 0.3 is 0 Å². The zero-order chi connectivity index (χ0) is 15.9. The van der Waals surface area contributed by atoms with E-state index in [9.17, 15) is 9.18 Å². The maximum atomic E-state index is 13.8. The molecule has 22 heavy (non-hydrogen) atoms. The lowest BCUT2D eigenvalue weighted by Crippen LogP contribution is -2.01. The van der Waals surface area contributed by atoms with Gasteiger partial charge in [-0.2, -0.15) is 5.10 Å². The molecule has 0 spiro atoms. The number of fused-ring (bicyclic) bond motifs is 1. The van der Waals surface area contributed by atoms with Gasteiger partial charge in [0.1, 0.15) is 11.5 Å². The van der Waals surface area contributed by atoms with Gasteiger partial charge in [0.15, 0.2) is 11.9 Å². The minimum atomic E-state index is -0.260. The van der Waals surface area contributed by atoms with Crippen molar-refractivity contribution in [1.29, 1.82) is 0 Å². The number of halogens is 1. The van der Waals surface area contributed by atoms with Crippen LogP contribution < -0.4 is 0 Å². The molecular weight excluding hydrogens is 281 g/mol. The van der Waals surface area contributed by atoms with Gasteiger partial charge in [0.05, 0.1) is 11.9 Å². The average molecular weight is 297 g/mol. The Hall–Kier alpha value is -2.56. The van der Waals surface area contributed by atoms with E-state index in [2.05, 4.69) is 10.1 Å². The number of nitrogens with zero attached hydrogens (tertiary/aromatic N) is 3. The normalized spacial score (nSPS) is 11.3. The highest BCUT2D eigenvalue weighted by molar-refractivity contribution is 5.74. The van der Waals surface area contributed by atoms with Gasteiger partial charge in [0, 0.05) is 11.1 Å². The Morgan fingerprint density at radius 2 is 2.05 bits per heavy atom. The van der Waals surface area contributed by atoms with Gasteiger partial charge in [-0.3, -0.25) is 4.79 Å². The molecule has 0 aliphatic carbocycles. The summed E-state index contributed by atoms with van der Waals surface area (Å²) in [5.74, 6) is -0.0499. The Morgan fingerprint density at radius 1 is 1.27 bits per heavy atom. The highest BCUT2D eigenvalue weighted by Crippen LogP contribution is 2.26. The molecule has 0 unspecified atom stereocenters. The number of aryl methyl sites for hydroxylation is 1. The molecule has 3 rings (SSSR count). The van der Waals surface area contributed by atoms with Crippen LogP contribution in [-0.2, 0) is 0 Å². The molecule has 0 aliphatic rings. The number of carbonyl (C=O) groups excluding carboxylic acids is 1. The van der Waals surface area contributed by atoms with Crippen LogP contribution in [0.4, 0.5) is 4.39 Å². The molecule has 2 heterocycles. The molecule has 2 aromatic heterocycles. The Labute approximate surface area is 127 Å². The standard InChI is InChI=1S/C17H16FN3O/c1-10(2)14-7-16(12-5-4-11(3)15(18)6-12)20-21-8-13(9-22)19-17(14)21/h4-10H,1-3H3. The van der Waals surface area contributed by atoms with E-state index in [1.165, 1.54) is 6.07 Å². The predicted octanol–water partition coefficient (Wildman–Crippen LogP) is 3.78. The number of imidazole rings is 1. The van der Waals surface area contributed by atoms with Gasteiger partial charge in [-0.1, -0.05) is 26.0 Å². The third-order valence-corrected chi connectivity index (χ3v) is 3.68. The number of hydrogen-bond acceptors (Lipinski definition) is 3. The molecular formula is C17H16FN3O. The van der Waals surface area contributed by atoms with Crippen molar-refractivity contribution in [3.05, 3.63) is 53.1 Å². The van der Waals surface area contributed by atoms with Crippen molar-refractivity contribution < 1.29 is 9.18 Å². The van der Waals surface area contributed by atoms with Crippen LogP contribution in [0.1, 0.15) is 41.4 Å². The van der Waals surface area contributed by atoms with Crippen molar-refractivity contribution in [2.75, 3.05) is 0 Å². The quantitative estimate of drug-likeness (QED) is 0.691. The first-order chi connectivity index (χ1) is 10.5. The van der Waals surface area contributed by atoms with E-state index in [0.29, 0.717) is 34.4 Å². The summed E-state index contributed by atoms with van der Waals surface area (Å²) >= 11 is 0. The van der Waals surface area contributed by atoms with E-state index in [4.69, 9.17) is 0 Å². The van der Waals surface area contributed by atoms with Gasteiger partial charge in [-0.05, 0) is 30.5 Å². The smallest absolute Gasteiger partial charge is 0.170 e. The summed E-state index contributed by atoms with van der Waals surface area (Å²) in [7, 11) is 0. The van der Waals surface area contributed by atoms with E-state index < -0.39 is 0 Å². The molecule has 0 fully saturated rings. The molecule has 0 atom stereocenters. The molecule has 0 radical (unpaired) electrons. The number of aldehydes is 1. The van der Waals surface area contributed by atoms with Crippen LogP contribution in [0.15, 0.2) is 30.5 Å². The van der Waals surface area contributed by atoms with Crippen molar-refractivity contribution in [2.24, 2.45) is 0 Å². The molecule has 4 nitrogen and oxygen atoms in total. The SMILES string of the molecule is Cc1ccc(-c2cc(C(C)C)c3nc(C=O)cn3n2)cc1F. The fourth-order valence-electron chi connectivity index (χ4n) is 2.39. The summed E-state index contributed by atoms with van der Waals surface area (Å²) in [6, 6.07) is 6.96. The monoisotopic (exact) mass is 297 g/mol. The number of benzene rings is 1. The largest absolute Gasteiger partial charge is 0.296 e. The first-order valence-electron chi connectivity index (χ1n) is 7.11. The van der Waals surface area contributed by atoms with Crippen LogP contribution in [0.3, 0.4) is 0 Å². The minimum absolute atomic E-state index is 0.210. The molecule has 1 aromatic carbocycles. The Bertz CT molecular complexity index is 868. The van der Waals surface area contributed by atoms with Crippen molar-refractivity contribution >= 4 is 11.9 Å². The molecule has 5 heteroatoms. The van der Waals surface area contributed by atoms with Crippen molar-refractivity contribution in [3.63, 3.8) is 0 Å². The summed E-state index contributed by atoms with van der Waals surface area (Å²) in [4.78, 5) is 15.2. The fraction of sp³-hybridized carbons (Fsp3) is 0.235. The van der Waals surface area contributed by atoms with Crippen LogP contribution >= 0.6 is 0 Å². The zero-order valence-corrected chi connectivity index (χ0v) is 12.7. The molecule has 0 N–H and O–H groups in total. The number of aromatic nitrogens is 3. The first-order valence-corrected chi connectivity index (χ1v) is 7.11. The lowest BCUT2D eigenvalue weighted by atomic mass is 10.0. The second-order valence-electron chi connectivity index (χ2n) is 5.66. The van der Waals surface area contributed by atoms with Crippen molar-refractivity contribution in [1.82, 2.24) is 14.6 Å². The third-order valence-electron chi connectivity index (χ3n) is 3.68. The number of carbonyl (C=O) groups is 1. The van der Waals surface area contributed by atoms with Gasteiger partial charge in [0.2, 0.25) is 0 Å². The summed E-state index contributed by atoms with van der Waals surface area (Å²) in [6.45, 7) is 5.82. The molecule has 0 saturated carbocycles. The molecule has 0 aliphatic heterocycles. The van der Waals surface area contributed by atoms with Crippen LogP contribution in [0.25, 0.3) is 16.9 Å². The Morgan fingerprint density at radius 3 is 2.68 bits per heavy atom. The second kappa shape index (κ2) is 5.33. The topological polar surface area (TPSA) is 47.3 Å². The van der Waals surface area contributed by atoms with Crippen LogP contribution in [0, 0.1) is 12.7 Å². The van der Waals surface area contributed by atoms with Crippen LogP contribution in [0.2, 0.25) is 0 Å². The summed E-state index contributed by atoms with van der Waals surface area (Å²) < 4.78 is 15.4. The van der Waals surface area contributed by atoms with Gasteiger partial charge < -0.3 is 0 Å². The summed E-state index contributed by atoms with van der Waals surface area (Å²) in [6.07, 6.45) is 2.28. The number of rotatable bonds is 3. The fourth-order valence-corrected chi connectivity index (χ4v) is 2.39. The van der Waals surface area contributed by atoms with Crippen molar-refractivity contribution in [2.45, 2.75) is 26.7 Å². The maximum absolute atomic E-state index is 13.8. The van der Waals surface area contributed by atoms with E-state index >= 15 is 0 Å². The van der Waals surface area contributed by atoms with Gasteiger partial charge in [-0.15, -0.1) is 0 Å². The molecule has 0 bridgehead atoms. The Kier molecular flexibility index (Phi) is 3.48. The highest BCUT2D eigenvalue weighted by Gasteiger charge is 2.14. The highest BCUT2D eigenvalue weighted by atomic mass is 19.1. The van der Waals surface area contributed by atoms with Crippen LogP contribution in [0.5, 0.6) is 0 Å². The van der Waals surface area contributed by atoms with Gasteiger partial charge in [0.25, 0.3) is 0 Å². The molecule has 112 valence electrons. The first kappa shape index (κ1) is 14.4. The lowest BCUT2D eigenvalue weighted by Gasteiger charge is -2.10. The Balaban J connectivity index is 2.25. The van der Waals surface area contributed by atoms with Gasteiger partial charge in [-0.25, -0.2) is 13.9 Å². The molecule has 0 amide bonds. The predicted molar refractivity (Wildman–Crippen MR) is 82.6 cm³/mol. The maximum Gasteiger partial charge on any atom is 0.170 e. The van der Waals surface area contributed by atoms with E-state index in [1.54, 1.807) is 23.7 Å².